The molecular weight excluding hydrogens is 420 g/mol. The van der Waals surface area contributed by atoms with Crippen molar-refractivity contribution < 1.29 is 4.79 Å². The maximum atomic E-state index is 13.5. The van der Waals surface area contributed by atoms with E-state index in [4.69, 9.17) is 11.6 Å². The molecule has 2 heterocycles. The van der Waals surface area contributed by atoms with E-state index in [2.05, 4.69) is 34.5 Å². The molecule has 0 bridgehead atoms. The highest BCUT2D eigenvalue weighted by Crippen LogP contribution is 2.42. The fraction of sp³-hybridized carbons (Fsp3) is 0.269. The van der Waals surface area contributed by atoms with Crippen molar-refractivity contribution in [2.45, 2.75) is 38.0 Å². The van der Waals surface area contributed by atoms with Gasteiger partial charge in [-0.05, 0) is 42.7 Å². The normalized spacial score (nSPS) is 14.1. The first-order valence-corrected chi connectivity index (χ1v) is 11.2. The first-order chi connectivity index (χ1) is 15.5. The standard InChI is InChI=1S/C26H27ClN4O/c1-4-8-22(19-9-6-5-7-10-19)26(2,25(32)28-3)23-15-16-29-24-21(17-30-31(23)24)18-11-13-20(27)14-12-18/h5-7,9-17,22H,4,8H2,1-3H3,(H,28,32). The van der Waals surface area contributed by atoms with Gasteiger partial charge in [0.2, 0.25) is 5.91 Å². The molecule has 2 aromatic carbocycles. The molecule has 0 fully saturated rings. The van der Waals surface area contributed by atoms with Crippen LogP contribution in [0.2, 0.25) is 5.02 Å². The third-order valence-corrected chi connectivity index (χ3v) is 6.52. The summed E-state index contributed by atoms with van der Waals surface area (Å²) in [5.74, 6) is -0.0710. The van der Waals surface area contributed by atoms with E-state index in [0.29, 0.717) is 10.7 Å². The summed E-state index contributed by atoms with van der Waals surface area (Å²) in [5.41, 5.74) is 3.68. The molecule has 32 heavy (non-hydrogen) atoms. The van der Waals surface area contributed by atoms with Crippen LogP contribution in [0.3, 0.4) is 0 Å². The number of carbonyl (C=O) groups excluding carboxylic acids is 1. The minimum absolute atomic E-state index is 0.0255. The van der Waals surface area contributed by atoms with Crippen molar-refractivity contribution >= 4 is 23.2 Å². The predicted molar refractivity (Wildman–Crippen MR) is 129 cm³/mol. The summed E-state index contributed by atoms with van der Waals surface area (Å²) in [6, 6.07) is 19.8. The molecule has 0 aliphatic rings. The first kappa shape index (κ1) is 22.0. The average molecular weight is 447 g/mol. The van der Waals surface area contributed by atoms with Crippen molar-refractivity contribution in [3.05, 3.63) is 89.3 Å². The number of nitrogens with one attached hydrogen (secondary N) is 1. The number of carbonyl (C=O) groups is 1. The van der Waals surface area contributed by atoms with E-state index >= 15 is 0 Å². The van der Waals surface area contributed by atoms with Gasteiger partial charge in [0, 0.05) is 29.7 Å². The van der Waals surface area contributed by atoms with Crippen LogP contribution < -0.4 is 5.32 Å². The molecule has 2 unspecified atom stereocenters. The Bertz CT molecular complexity index is 1220. The van der Waals surface area contributed by atoms with Gasteiger partial charge in [-0.25, -0.2) is 9.50 Å². The van der Waals surface area contributed by atoms with E-state index in [1.165, 1.54) is 0 Å². The van der Waals surface area contributed by atoms with Crippen LogP contribution in [0.1, 0.15) is 43.9 Å². The summed E-state index contributed by atoms with van der Waals surface area (Å²) < 4.78 is 1.81. The number of amides is 1. The van der Waals surface area contributed by atoms with E-state index in [0.717, 1.165) is 35.2 Å². The van der Waals surface area contributed by atoms with Gasteiger partial charge < -0.3 is 5.32 Å². The highest BCUT2D eigenvalue weighted by Gasteiger charge is 2.45. The minimum Gasteiger partial charge on any atom is -0.358 e. The quantitative estimate of drug-likeness (QED) is 0.399. The van der Waals surface area contributed by atoms with Crippen LogP contribution in [-0.4, -0.2) is 27.6 Å². The Morgan fingerprint density at radius 1 is 1.12 bits per heavy atom. The Kier molecular flexibility index (Phi) is 6.28. The fourth-order valence-corrected chi connectivity index (χ4v) is 4.72. The number of hydrogen-bond donors (Lipinski definition) is 1. The van der Waals surface area contributed by atoms with Crippen molar-refractivity contribution in [1.82, 2.24) is 19.9 Å². The number of fused-ring (bicyclic) bond motifs is 1. The number of benzene rings is 2. The summed E-state index contributed by atoms with van der Waals surface area (Å²) in [6.45, 7) is 4.16. The van der Waals surface area contributed by atoms with Gasteiger partial charge in [-0.3, -0.25) is 4.79 Å². The lowest BCUT2D eigenvalue weighted by Gasteiger charge is -2.37. The zero-order chi connectivity index (χ0) is 22.7. The topological polar surface area (TPSA) is 59.3 Å². The molecule has 1 N–H and O–H groups in total. The Hall–Kier alpha value is -3.18. The summed E-state index contributed by atoms with van der Waals surface area (Å²) in [5, 5.41) is 8.26. The summed E-state index contributed by atoms with van der Waals surface area (Å²) in [4.78, 5) is 18.1. The number of halogens is 1. The molecule has 4 rings (SSSR count). The van der Waals surface area contributed by atoms with Gasteiger partial charge in [0.05, 0.1) is 17.3 Å². The van der Waals surface area contributed by atoms with Crippen molar-refractivity contribution in [3.8, 4) is 11.1 Å². The van der Waals surface area contributed by atoms with Crippen LogP contribution in [0.25, 0.3) is 16.8 Å². The second kappa shape index (κ2) is 9.13. The molecule has 0 radical (unpaired) electrons. The van der Waals surface area contributed by atoms with Crippen LogP contribution in [0.5, 0.6) is 0 Å². The van der Waals surface area contributed by atoms with Crippen LogP contribution in [0.15, 0.2) is 73.1 Å². The summed E-state index contributed by atoms with van der Waals surface area (Å²) >= 11 is 6.07. The van der Waals surface area contributed by atoms with Crippen LogP contribution >= 0.6 is 11.6 Å². The van der Waals surface area contributed by atoms with Crippen LogP contribution in [0, 0.1) is 0 Å². The zero-order valence-electron chi connectivity index (χ0n) is 18.5. The molecule has 4 aromatic rings. The maximum Gasteiger partial charge on any atom is 0.232 e. The molecule has 164 valence electrons. The number of hydrogen-bond acceptors (Lipinski definition) is 3. The highest BCUT2D eigenvalue weighted by molar-refractivity contribution is 6.30. The number of rotatable bonds is 7. The fourth-order valence-electron chi connectivity index (χ4n) is 4.59. The Morgan fingerprint density at radius 2 is 1.84 bits per heavy atom. The largest absolute Gasteiger partial charge is 0.358 e. The molecule has 0 spiro atoms. The molecule has 0 aliphatic carbocycles. The lowest BCUT2D eigenvalue weighted by molar-refractivity contribution is -0.126. The second-order valence-electron chi connectivity index (χ2n) is 8.16. The lowest BCUT2D eigenvalue weighted by atomic mass is 9.68. The van der Waals surface area contributed by atoms with E-state index in [1.807, 2.05) is 60.0 Å². The predicted octanol–water partition coefficient (Wildman–Crippen LogP) is 5.64. The third kappa shape index (κ3) is 3.78. The van der Waals surface area contributed by atoms with Crippen molar-refractivity contribution in [3.63, 3.8) is 0 Å². The van der Waals surface area contributed by atoms with Gasteiger partial charge in [-0.15, -0.1) is 0 Å². The molecule has 0 saturated carbocycles. The molecule has 2 atom stereocenters. The Morgan fingerprint density at radius 3 is 2.50 bits per heavy atom. The molecule has 0 saturated heterocycles. The van der Waals surface area contributed by atoms with E-state index in [1.54, 1.807) is 19.4 Å². The van der Waals surface area contributed by atoms with E-state index in [-0.39, 0.29) is 11.8 Å². The van der Waals surface area contributed by atoms with Gasteiger partial charge in [0.15, 0.2) is 5.65 Å². The average Bonchev–Trinajstić information content (AvgIpc) is 3.27. The number of likely N-dealkylation sites (N-methyl/N-ethyl adjacent to an activating group) is 1. The molecular formula is C26H27ClN4O. The monoisotopic (exact) mass is 446 g/mol. The maximum absolute atomic E-state index is 13.5. The van der Waals surface area contributed by atoms with Gasteiger partial charge >= 0.3 is 0 Å². The smallest absolute Gasteiger partial charge is 0.232 e. The van der Waals surface area contributed by atoms with Gasteiger partial charge in [-0.2, -0.15) is 5.10 Å². The van der Waals surface area contributed by atoms with Crippen molar-refractivity contribution in [1.29, 1.82) is 0 Å². The van der Waals surface area contributed by atoms with Crippen LogP contribution in [0.4, 0.5) is 0 Å². The van der Waals surface area contributed by atoms with Crippen molar-refractivity contribution in [2.75, 3.05) is 7.05 Å². The molecule has 6 heteroatoms. The highest BCUT2D eigenvalue weighted by atomic mass is 35.5. The number of aromatic nitrogens is 3. The lowest BCUT2D eigenvalue weighted by Crippen LogP contribution is -2.46. The molecule has 0 aliphatic heterocycles. The zero-order valence-corrected chi connectivity index (χ0v) is 19.3. The summed E-state index contributed by atoms with van der Waals surface area (Å²) in [6.07, 6.45) is 5.39. The second-order valence-corrected chi connectivity index (χ2v) is 8.60. The first-order valence-electron chi connectivity index (χ1n) is 10.9. The Labute approximate surface area is 193 Å². The third-order valence-electron chi connectivity index (χ3n) is 6.26. The molecule has 2 aromatic heterocycles. The van der Waals surface area contributed by atoms with Gasteiger partial charge in [-0.1, -0.05) is 67.4 Å². The van der Waals surface area contributed by atoms with Crippen LogP contribution in [-0.2, 0) is 10.2 Å². The number of nitrogens with zero attached hydrogens (tertiary/aromatic N) is 3. The minimum atomic E-state index is -0.851. The molecule has 1 amide bonds. The summed E-state index contributed by atoms with van der Waals surface area (Å²) in [7, 11) is 1.69. The van der Waals surface area contributed by atoms with Gasteiger partial charge in [0.1, 0.15) is 0 Å². The Balaban J connectivity index is 1.93. The van der Waals surface area contributed by atoms with E-state index in [9.17, 15) is 4.79 Å². The molecule has 5 nitrogen and oxygen atoms in total. The SMILES string of the molecule is CCCC(c1ccccc1)C(C)(C(=O)NC)c1ccnc2c(-c3ccc(Cl)cc3)cnn12. The van der Waals surface area contributed by atoms with Gasteiger partial charge in [0.25, 0.3) is 0 Å². The van der Waals surface area contributed by atoms with Crippen molar-refractivity contribution in [2.24, 2.45) is 0 Å². The van der Waals surface area contributed by atoms with E-state index < -0.39 is 5.41 Å².